The third kappa shape index (κ3) is 3.97. The fraction of sp³-hybridized carbons (Fsp3) is 0.133. The monoisotopic (exact) mass is 348 g/mol. The Morgan fingerprint density at radius 1 is 1.23 bits per heavy atom. The van der Waals surface area contributed by atoms with Gasteiger partial charge in [-0.2, -0.15) is 0 Å². The summed E-state index contributed by atoms with van der Waals surface area (Å²) < 4.78 is 0.909. The van der Waals surface area contributed by atoms with Crippen LogP contribution in [-0.4, -0.2) is 15.2 Å². The Morgan fingerprint density at radius 3 is 2.91 bits per heavy atom. The maximum Gasteiger partial charge on any atom is 0.210 e. The molecule has 2 heterocycles. The lowest BCUT2D eigenvalue weighted by molar-refractivity contribution is 1.01. The van der Waals surface area contributed by atoms with E-state index in [0.717, 1.165) is 37.2 Å². The minimum Gasteiger partial charge on any atom is -0.330 e. The molecule has 0 saturated carbocycles. The minimum atomic E-state index is 0.735. The van der Waals surface area contributed by atoms with E-state index in [1.807, 2.05) is 43.3 Å². The molecule has 3 rings (SSSR count). The second-order valence-electron chi connectivity index (χ2n) is 4.57. The summed E-state index contributed by atoms with van der Waals surface area (Å²) >= 11 is 9.26. The second kappa shape index (κ2) is 7.09. The van der Waals surface area contributed by atoms with Gasteiger partial charge in [0.1, 0.15) is 0 Å². The molecule has 0 spiro atoms. The maximum absolute atomic E-state index is 6.12. The smallest absolute Gasteiger partial charge is 0.210 e. The molecule has 3 aromatic rings. The lowest BCUT2D eigenvalue weighted by Crippen LogP contribution is -1.89. The highest BCUT2D eigenvalue weighted by atomic mass is 35.5. The first-order valence-corrected chi connectivity index (χ1v) is 8.78. The van der Waals surface area contributed by atoms with Crippen molar-refractivity contribution in [2.45, 2.75) is 17.0 Å². The predicted molar refractivity (Wildman–Crippen MR) is 93.2 cm³/mol. The maximum atomic E-state index is 6.12. The SMILES string of the molecule is Cc1ccc(Nc2nnc(SCc3ccccn3)s2)cc1Cl. The molecule has 0 aliphatic heterocycles. The average molecular weight is 349 g/mol. The van der Waals surface area contributed by atoms with Gasteiger partial charge >= 0.3 is 0 Å². The lowest BCUT2D eigenvalue weighted by atomic mass is 10.2. The first kappa shape index (κ1) is 15.3. The number of nitrogens with zero attached hydrogens (tertiary/aromatic N) is 3. The van der Waals surface area contributed by atoms with Crippen LogP contribution in [0.5, 0.6) is 0 Å². The highest BCUT2D eigenvalue weighted by molar-refractivity contribution is 8.00. The predicted octanol–water partition coefficient (Wildman–Crippen LogP) is 4.93. The minimum absolute atomic E-state index is 0.735. The number of benzene rings is 1. The molecule has 112 valence electrons. The molecular formula is C15H13ClN4S2. The first-order chi connectivity index (χ1) is 10.7. The molecule has 0 aliphatic rings. The van der Waals surface area contributed by atoms with Crippen LogP contribution in [-0.2, 0) is 5.75 Å². The van der Waals surface area contributed by atoms with Gasteiger partial charge in [0.05, 0.1) is 5.69 Å². The standard InChI is InChI=1S/C15H13ClN4S2/c1-10-5-6-11(8-13(10)16)18-14-19-20-15(22-14)21-9-12-4-2-3-7-17-12/h2-8H,9H2,1H3,(H,18,19). The fourth-order valence-corrected chi connectivity index (χ4v) is 3.60. The van der Waals surface area contributed by atoms with Crippen molar-refractivity contribution >= 4 is 45.5 Å². The first-order valence-electron chi connectivity index (χ1n) is 6.60. The van der Waals surface area contributed by atoms with Crippen LogP contribution in [0.2, 0.25) is 5.02 Å². The van der Waals surface area contributed by atoms with Gasteiger partial charge in [-0.1, -0.05) is 46.8 Å². The molecule has 7 heteroatoms. The van der Waals surface area contributed by atoms with Gasteiger partial charge in [0.25, 0.3) is 0 Å². The fourth-order valence-electron chi connectivity index (χ4n) is 1.73. The Balaban J connectivity index is 1.62. The van der Waals surface area contributed by atoms with Crippen molar-refractivity contribution in [1.82, 2.24) is 15.2 Å². The number of halogens is 1. The quantitative estimate of drug-likeness (QED) is 0.662. The number of aromatic nitrogens is 3. The van der Waals surface area contributed by atoms with Crippen LogP contribution in [0.3, 0.4) is 0 Å². The Bertz CT molecular complexity index is 761. The summed E-state index contributed by atoms with van der Waals surface area (Å²) in [5.41, 5.74) is 2.99. The largest absolute Gasteiger partial charge is 0.330 e. The van der Waals surface area contributed by atoms with Crippen molar-refractivity contribution in [3.05, 3.63) is 58.9 Å². The molecule has 0 fully saturated rings. The van der Waals surface area contributed by atoms with Crippen molar-refractivity contribution in [2.24, 2.45) is 0 Å². The van der Waals surface area contributed by atoms with Gasteiger partial charge in [0.15, 0.2) is 4.34 Å². The molecule has 0 amide bonds. The van der Waals surface area contributed by atoms with Gasteiger partial charge in [0.2, 0.25) is 5.13 Å². The summed E-state index contributed by atoms with van der Waals surface area (Å²) in [4.78, 5) is 4.29. The zero-order valence-corrected chi connectivity index (χ0v) is 14.2. The molecule has 1 aromatic carbocycles. The summed E-state index contributed by atoms with van der Waals surface area (Å²) in [6, 6.07) is 11.7. The van der Waals surface area contributed by atoms with Crippen LogP contribution >= 0.6 is 34.7 Å². The van der Waals surface area contributed by atoms with E-state index in [4.69, 9.17) is 11.6 Å². The van der Waals surface area contributed by atoms with Gasteiger partial charge in [-0.15, -0.1) is 10.2 Å². The van der Waals surface area contributed by atoms with Gasteiger partial charge < -0.3 is 5.32 Å². The van der Waals surface area contributed by atoms with Crippen LogP contribution in [0.4, 0.5) is 10.8 Å². The topological polar surface area (TPSA) is 50.7 Å². The second-order valence-corrected chi connectivity index (χ2v) is 7.18. The van der Waals surface area contributed by atoms with E-state index in [2.05, 4.69) is 20.5 Å². The molecule has 0 saturated heterocycles. The van der Waals surface area contributed by atoms with Gasteiger partial charge in [-0.3, -0.25) is 4.98 Å². The molecular weight excluding hydrogens is 336 g/mol. The molecule has 2 aromatic heterocycles. The van der Waals surface area contributed by atoms with E-state index in [-0.39, 0.29) is 0 Å². The van der Waals surface area contributed by atoms with Gasteiger partial charge in [-0.25, -0.2) is 0 Å². The Kier molecular flexibility index (Phi) is 4.92. The van der Waals surface area contributed by atoms with Gasteiger partial charge in [-0.05, 0) is 36.8 Å². The Hall–Kier alpha value is -1.63. The molecule has 0 radical (unpaired) electrons. The Labute approximate surface area is 142 Å². The van der Waals surface area contributed by atoms with Gasteiger partial charge in [0, 0.05) is 22.7 Å². The van der Waals surface area contributed by atoms with Crippen LogP contribution in [0.15, 0.2) is 46.9 Å². The number of nitrogens with one attached hydrogen (secondary N) is 1. The normalized spacial score (nSPS) is 10.6. The summed E-state index contributed by atoms with van der Waals surface area (Å²) in [6.07, 6.45) is 1.80. The zero-order valence-electron chi connectivity index (χ0n) is 11.8. The van der Waals surface area contributed by atoms with Crippen molar-refractivity contribution < 1.29 is 0 Å². The third-order valence-corrected chi connectivity index (χ3v) is 5.31. The molecule has 4 nitrogen and oxygen atoms in total. The number of thioether (sulfide) groups is 1. The summed E-state index contributed by atoms with van der Waals surface area (Å²) in [7, 11) is 0. The van der Waals surface area contributed by atoms with Crippen LogP contribution in [0.1, 0.15) is 11.3 Å². The number of hydrogen-bond acceptors (Lipinski definition) is 6. The third-order valence-electron chi connectivity index (χ3n) is 2.90. The van der Waals surface area contributed by atoms with Crippen molar-refractivity contribution in [1.29, 1.82) is 0 Å². The van der Waals surface area contributed by atoms with E-state index >= 15 is 0 Å². The molecule has 22 heavy (non-hydrogen) atoms. The van der Waals surface area contributed by atoms with Crippen LogP contribution in [0, 0.1) is 6.92 Å². The lowest BCUT2D eigenvalue weighted by Gasteiger charge is -2.03. The number of hydrogen-bond donors (Lipinski definition) is 1. The van der Waals surface area contributed by atoms with E-state index in [1.54, 1.807) is 18.0 Å². The zero-order chi connectivity index (χ0) is 15.4. The van der Waals surface area contributed by atoms with E-state index in [0.29, 0.717) is 0 Å². The number of rotatable bonds is 5. The Morgan fingerprint density at radius 2 is 2.14 bits per heavy atom. The summed E-state index contributed by atoms with van der Waals surface area (Å²) in [6.45, 7) is 1.98. The molecule has 0 aliphatic carbocycles. The van der Waals surface area contributed by atoms with Crippen LogP contribution in [0.25, 0.3) is 0 Å². The summed E-state index contributed by atoms with van der Waals surface area (Å²) in [5, 5.41) is 13.0. The highest BCUT2D eigenvalue weighted by Crippen LogP contribution is 2.30. The number of anilines is 2. The molecule has 0 unspecified atom stereocenters. The van der Waals surface area contributed by atoms with Crippen molar-refractivity contribution in [3.63, 3.8) is 0 Å². The highest BCUT2D eigenvalue weighted by Gasteiger charge is 2.06. The molecule has 1 N–H and O–H groups in total. The number of aryl methyl sites for hydroxylation is 1. The molecule has 0 bridgehead atoms. The number of pyridine rings is 1. The molecule has 0 atom stereocenters. The van der Waals surface area contributed by atoms with E-state index < -0.39 is 0 Å². The van der Waals surface area contributed by atoms with Crippen molar-refractivity contribution in [2.75, 3.05) is 5.32 Å². The average Bonchev–Trinajstić information content (AvgIpc) is 2.97. The van der Waals surface area contributed by atoms with E-state index in [9.17, 15) is 0 Å². The van der Waals surface area contributed by atoms with Crippen molar-refractivity contribution in [3.8, 4) is 0 Å². The van der Waals surface area contributed by atoms with E-state index in [1.165, 1.54) is 11.3 Å². The summed E-state index contributed by atoms with van der Waals surface area (Å²) in [5.74, 6) is 0.784. The van der Waals surface area contributed by atoms with Crippen LogP contribution < -0.4 is 5.32 Å².